The van der Waals surface area contributed by atoms with E-state index in [0.29, 0.717) is 238 Å². The summed E-state index contributed by atoms with van der Waals surface area (Å²) in [6.45, 7) is 21.1. The molecule has 0 saturated heterocycles. The molecular weight excluding hydrogens is 1090 g/mol. The van der Waals surface area contributed by atoms with Crippen LogP contribution in [0.2, 0.25) is 0 Å². The Balaban J connectivity index is 1.67. The monoisotopic (exact) mass is 1190 g/mol. The van der Waals surface area contributed by atoms with Crippen molar-refractivity contribution in [2.75, 3.05) is 251 Å². The minimum atomic E-state index is -4.04. The van der Waals surface area contributed by atoms with Gasteiger partial charge in [-0.3, -0.25) is 0 Å². The molecule has 0 spiro atoms. The third kappa shape index (κ3) is 58.2. The van der Waals surface area contributed by atoms with Gasteiger partial charge < -0.3 is 90.0 Å². The number of aryl methyl sites for hydroxylation is 1. The highest BCUT2D eigenvalue weighted by molar-refractivity contribution is 7.88. The van der Waals surface area contributed by atoms with Crippen molar-refractivity contribution in [3.63, 3.8) is 0 Å². The van der Waals surface area contributed by atoms with Gasteiger partial charge in [0, 0.05) is 9.77 Å². The van der Waals surface area contributed by atoms with Crippen LogP contribution in [0.3, 0.4) is 0 Å². The molecule has 0 aliphatic rings. The summed E-state index contributed by atoms with van der Waals surface area (Å²) in [6.07, 6.45) is 14.5. The minimum absolute atomic E-state index is 0.0822. The largest absolute Gasteiger partial charge is 0.597 e. The molecule has 0 saturated carbocycles. The lowest BCUT2D eigenvalue weighted by atomic mass is 10.0. The van der Waals surface area contributed by atoms with Gasteiger partial charge in [-0.15, -0.1) is 4.18 Å². The van der Waals surface area contributed by atoms with E-state index in [1.807, 2.05) is 6.92 Å². The fourth-order valence-electron chi connectivity index (χ4n) is 6.76. The molecule has 3 N–H and O–H groups in total. The maximum absolute atomic E-state index is 10.9. The number of hydrogen-bond acceptors (Lipinski definition) is 22. The summed E-state index contributed by atoms with van der Waals surface area (Å²) < 4.78 is 135. The molecule has 477 valence electrons. The van der Waals surface area contributed by atoms with Gasteiger partial charge in [-0.1, -0.05) is 63.7 Å². The van der Waals surface area contributed by atoms with Crippen molar-refractivity contribution in [1.29, 1.82) is 0 Å². The van der Waals surface area contributed by atoms with Crippen LogP contribution in [0.4, 0.5) is 0 Å². The molecule has 25 heteroatoms. The van der Waals surface area contributed by atoms with Crippen LogP contribution in [0.1, 0.15) is 69.9 Å². The lowest BCUT2D eigenvalue weighted by molar-refractivity contribution is -0.640. The zero-order chi connectivity index (χ0) is 58.1. The summed E-state index contributed by atoms with van der Waals surface area (Å²) in [4.78, 5) is 0. The Morgan fingerprint density at radius 1 is 0.370 bits per heavy atom. The Kier molecular flexibility index (Phi) is 60.9. The summed E-state index contributed by atoms with van der Waals surface area (Å²) >= 11 is 0. The molecule has 0 aromatic heterocycles. The lowest BCUT2D eigenvalue weighted by Gasteiger charge is -2.12. The van der Waals surface area contributed by atoms with Crippen molar-refractivity contribution in [2.24, 2.45) is 0 Å². The first-order chi connectivity index (χ1) is 40.0. The van der Waals surface area contributed by atoms with Crippen LogP contribution < -0.4 is 10.6 Å². The van der Waals surface area contributed by atoms with Crippen LogP contribution in [-0.4, -0.2) is 251 Å². The van der Waals surface area contributed by atoms with Crippen LogP contribution >= 0.6 is 0 Å². The molecule has 0 fully saturated rings. The van der Waals surface area contributed by atoms with Crippen LogP contribution in [-0.2, 0) is 120 Å². The van der Waals surface area contributed by atoms with Crippen molar-refractivity contribution < 1.29 is 113 Å². The van der Waals surface area contributed by atoms with Crippen molar-refractivity contribution in [3.05, 3.63) is 35.4 Å². The summed E-state index contributed by atoms with van der Waals surface area (Å²) in [5.74, 6) is 3.67. The van der Waals surface area contributed by atoms with Gasteiger partial charge in [0.1, 0.15) is 23.5 Å². The minimum Gasteiger partial charge on any atom is -0.491 e. The van der Waals surface area contributed by atoms with Gasteiger partial charge in [-0.05, 0) is 37.5 Å². The van der Waals surface area contributed by atoms with E-state index in [2.05, 4.69) is 51.6 Å². The molecule has 1 aromatic rings. The van der Waals surface area contributed by atoms with Gasteiger partial charge in [0.25, 0.3) is 0 Å². The van der Waals surface area contributed by atoms with Crippen LogP contribution in [0, 0.1) is 0 Å². The normalized spacial score (nSPS) is 12.6. The Morgan fingerprint density at radius 3 is 0.901 bits per heavy atom. The van der Waals surface area contributed by atoms with Crippen molar-refractivity contribution in [3.8, 4) is 5.75 Å². The number of hydrogen-bond donors (Lipinski definition) is 1. The van der Waals surface area contributed by atoms with Gasteiger partial charge >= 0.3 is 10.8 Å². The molecule has 81 heavy (non-hydrogen) atoms. The molecule has 1 atom stereocenters. The van der Waals surface area contributed by atoms with E-state index in [1.165, 1.54) is 50.5 Å². The molecule has 0 aliphatic heterocycles. The molecule has 1 radical (unpaired) electrons. The molecule has 0 aliphatic carbocycles. The van der Waals surface area contributed by atoms with Crippen molar-refractivity contribution in [1.82, 2.24) is 0 Å². The lowest BCUT2D eigenvalue weighted by Crippen LogP contribution is -2.53. The second kappa shape index (κ2) is 64.0. The smallest absolute Gasteiger partial charge is 0.491 e. The van der Waals surface area contributed by atoms with Crippen LogP contribution in [0.5, 0.6) is 5.75 Å². The molecule has 0 bridgehead atoms. The molecular formula is C56H106NO23S+2. The third-order valence-electron chi connectivity index (χ3n) is 10.9. The van der Waals surface area contributed by atoms with E-state index in [1.54, 1.807) is 0 Å². The Morgan fingerprint density at radius 2 is 0.630 bits per heavy atom. The molecule has 1 aromatic carbocycles. The van der Waals surface area contributed by atoms with Gasteiger partial charge in [0.05, 0.1) is 242 Å². The number of unbranched alkanes of at least 4 members (excludes halogenated alkanes) is 6. The van der Waals surface area contributed by atoms with Crippen molar-refractivity contribution in [2.45, 2.75) is 65.2 Å². The van der Waals surface area contributed by atoms with E-state index < -0.39 is 10.8 Å². The van der Waals surface area contributed by atoms with Gasteiger partial charge in [-0.25, -0.2) is 0 Å². The second-order valence-corrected chi connectivity index (χ2v) is 18.8. The maximum Gasteiger partial charge on any atom is 0.597 e. The van der Waals surface area contributed by atoms with E-state index in [9.17, 15) is 8.76 Å². The number of quaternary nitrogens is 1. The van der Waals surface area contributed by atoms with E-state index >= 15 is 0 Å². The van der Waals surface area contributed by atoms with E-state index in [0.717, 1.165) is 17.7 Å². The molecule has 1 rings (SSSR count). The average Bonchev–Trinajstić information content (AvgIpc) is 3.47. The molecule has 0 amide bonds. The Bertz CT molecular complexity index is 1490. The molecule has 1 unspecified atom stereocenters. The third-order valence-corrected chi connectivity index (χ3v) is 11.6. The fraction of sp³-hybridized carbons (Fsp3) is 0.857. The van der Waals surface area contributed by atoms with Crippen LogP contribution in [0.25, 0.3) is 6.08 Å². The predicted octanol–water partition coefficient (Wildman–Crippen LogP) is 4.56. The first-order valence-electron chi connectivity index (χ1n) is 29.1. The second-order valence-electron chi connectivity index (χ2n) is 17.5. The van der Waals surface area contributed by atoms with Crippen molar-refractivity contribution >= 4 is 16.9 Å². The fourth-order valence-corrected chi connectivity index (χ4v) is 7.10. The summed E-state index contributed by atoms with van der Waals surface area (Å²) in [6, 6.07) is 6.53. The highest BCUT2D eigenvalue weighted by Gasteiger charge is 2.35. The summed E-state index contributed by atoms with van der Waals surface area (Å²) in [5, 5.41) is 0. The topological polar surface area (TPSA) is 258 Å². The molecule has 0 heterocycles. The number of ether oxygens (including phenoxy) is 19. The predicted molar refractivity (Wildman–Crippen MR) is 302 cm³/mol. The number of benzene rings is 1. The van der Waals surface area contributed by atoms with Gasteiger partial charge in [0.2, 0.25) is 0 Å². The highest BCUT2D eigenvalue weighted by atomic mass is 32.3. The summed E-state index contributed by atoms with van der Waals surface area (Å²) in [5.41, 5.74) is 2.49. The van der Waals surface area contributed by atoms with Gasteiger partial charge in [-0.2, -0.15) is 5.90 Å². The van der Waals surface area contributed by atoms with E-state index in [4.69, 9.17) is 90.0 Å². The first-order valence-corrected chi connectivity index (χ1v) is 30.5. The Labute approximate surface area is 485 Å². The summed E-state index contributed by atoms with van der Waals surface area (Å²) in [7, 11) is -4.04. The highest BCUT2D eigenvalue weighted by Crippen LogP contribution is 2.23. The first kappa shape index (κ1) is 77.0. The Hall–Kier alpha value is -1.97. The van der Waals surface area contributed by atoms with Gasteiger partial charge in [0.15, 0.2) is 0 Å². The maximum atomic E-state index is 10.9. The van der Waals surface area contributed by atoms with Crippen LogP contribution in [0.15, 0.2) is 24.3 Å². The number of allylic oxidation sites excluding steroid dienone is 1. The molecule has 24 nitrogen and oxygen atoms in total. The zero-order valence-corrected chi connectivity index (χ0v) is 50.2. The SMILES string of the molecule is C/C=C/c1cc(CCCCCCCCC)ccc1OCCOCCOCCOCCOCCOCCOCCOCCOCCOCCOCCOCCOCCOCCOCCOCCOCCOCCOCCO[S+]([O])(=O)O[NH3+]. The standard InChI is InChI=1S/C56H106NO23S/c1-3-5-6-7-8-9-10-12-54-13-14-56(55(53-54)11-4-2)78-51-49-76-47-45-74-43-41-72-39-37-70-35-33-68-31-29-66-27-25-64-23-21-62-19-17-60-15-16-61-18-20-63-22-24-65-26-28-67-30-32-69-34-36-71-38-40-73-42-44-75-46-48-77-50-52-79-81(58,59)80-57/h4,11,13-14,53H,3,5-10,12,15-52H2,1-2,57H3/q+2/b11-4+. The van der Waals surface area contributed by atoms with E-state index in [-0.39, 0.29) is 13.2 Å². The zero-order valence-electron chi connectivity index (χ0n) is 49.4. The average molecular weight is 1190 g/mol. The quantitative estimate of drug-likeness (QED) is 0.0533. The number of rotatable bonds is 69.